The maximum Gasteiger partial charge on any atom is 0.222 e. The van der Waals surface area contributed by atoms with Crippen LogP contribution >= 0.6 is 12.4 Å². The molecule has 0 aliphatic heterocycles. The normalized spacial score (nSPS) is 23.9. The van der Waals surface area contributed by atoms with E-state index in [0.29, 0.717) is 38.1 Å². The van der Waals surface area contributed by atoms with Crippen LogP contribution in [0, 0.1) is 5.92 Å². The summed E-state index contributed by atoms with van der Waals surface area (Å²) in [5.74, 6) is 0.565. The fourth-order valence-corrected chi connectivity index (χ4v) is 2.10. The molecule has 3 N–H and O–H groups in total. The Kier molecular flexibility index (Phi) is 8.61. The third-order valence-corrected chi connectivity index (χ3v) is 2.99. The number of halogens is 1. The summed E-state index contributed by atoms with van der Waals surface area (Å²) in [6.07, 6.45) is 3.86. The Morgan fingerprint density at radius 1 is 1.50 bits per heavy atom. The lowest BCUT2D eigenvalue weighted by Gasteiger charge is -2.19. The second kappa shape index (κ2) is 8.79. The standard InChI is InChI=1S/C11H22N2O2.ClH/c1-2-15-7-6-11(14)13-10-5-3-4-9(10)8-12;/h9-10H,2-8,12H2,1H3,(H,13,14);1H. The van der Waals surface area contributed by atoms with Crippen molar-refractivity contribution >= 4 is 18.3 Å². The monoisotopic (exact) mass is 250 g/mol. The van der Waals surface area contributed by atoms with Crippen LogP contribution in [0.3, 0.4) is 0 Å². The summed E-state index contributed by atoms with van der Waals surface area (Å²) in [6, 6.07) is 0.295. The highest BCUT2D eigenvalue weighted by Crippen LogP contribution is 2.24. The first kappa shape index (κ1) is 15.7. The molecule has 0 saturated heterocycles. The van der Waals surface area contributed by atoms with Gasteiger partial charge in [0.1, 0.15) is 0 Å². The van der Waals surface area contributed by atoms with Crippen LogP contribution in [0.4, 0.5) is 0 Å². The predicted octanol–water partition coefficient (Wildman–Crippen LogP) is 1.08. The zero-order valence-corrected chi connectivity index (χ0v) is 10.7. The Morgan fingerprint density at radius 2 is 2.25 bits per heavy atom. The minimum absolute atomic E-state index is 0. The van der Waals surface area contributed by atoms with Crippen molar-refractivity contribution in [2.24, 2.45) is 11.7 Å². The quantitative estimate of drug-likeness (QED) is 0.694. The molecule has 1 aliphatic carbocycles. The van der Waals surface area contributed by atoms with E-state index in [1.165, 1.54) is 6.42 Å². The molecule has 0 bridgehead atoms. The minimum Gasteiger partial charge on any atom is -0.381 e. The van der Waals surface area contributed by atoms with Crippen LogP contribution < -0.4 is 11.1 Å². The van der Waals surface area contributed by atoms with Gasteiger partial charge in [0.25, 0.3) is 0 Å². The average Bonchev–Trinajstić information content (AvgIpc) is 2.65. The molecule has 0 radical (unpaired) electrons. The number of carbonyl (C=O) groups excluding carboxylic acids is 1. The molecule has 1 rings (SSSR count). The maximum absolute atomic E-state index is 11.5. The first-order chi connectivity index (χ1) is 7.27. The summed E-state index contributed by atoms with van der Waals surface area (Å²) in [4.78, 5) is 11.5. The van der Waals surface area contributed by atoms with E-state index < -0.39 is 0 Å². The second-order valence-electron chi connectivity index (χ2n) is 4.05. The Morgan fingerprint density at radius 3 is 2.88 bits per heavy atom. The van der Waals surface area contributed by atoms with Crippen LogP contribution in [0.15, 0.2) is 0 Å². The molecule has 1 amide bonds. The van der Waals surface area contributed by atoms with E-state index in [9.17, 15) is 4.79 Å². The van der Waals surface area contributed by atoms with Gasteiger partial charge in [-0.25, -0.2) is 0 Å². The van der Waals surface area contributed by atoms with Gasteiger partial charge in [-0.3, -0.25) is 4.79 Å². The molecule has 0 heterocycles. The van der Waals surface area contributed by atoms with E-state index in [0.717, 1.165) is 12.8 Å². The summed E-state index contributed by atoms with van der Waals surface area (Å²) < 4.78 is 5.14. The summed E-state index contributed by atoms with van der Waals surface area (Å²) in [5, 5.41) is 3.04. The summed E-state index contributed by atoms with van der Waals surface area (Å²) >= 11 is 0. The third kappa shape index (κ3) is 5.14. The SMILES string of the molecule is CCOCCC(=O)NC1CCCC1CN.Cl. The number of amides is 1. The van der Waals surface area contributed by atoms with Gasteiger partial charge in [-0.05, 0) is 32.2 Å². The van der Waals surface area contributed by atoms with Crippen LogP contribution in [-0.2, 0) is 9.53 Å². The molecule has 1 saturated carbocycles. The molecule has 96 valence electrons. The molecule has 2 atom stereocenters. The Balaban J connectivity index is 0.00000225. The van der Waals surface area contributed by atoms with Crippen LogP contribution in [0.25, 0.3) is 0 Å². The molecular weight excluding hydrogens is 228 g/mol. The van der Waals surface area contributed by atoms with Gasteiger partial charge in [-0.15, -0.1) is 12.4 Å². The highest BCUT2D eigenvalue weighted by atomic mass is 35.5. The minimum atomic E-state index is 0. The molecule has 0 aromatic carbocycles. The van der Waals surface area contributed by atoms with Crippen LogP contribution in [0.2, 0.25) is 0 Å². The number of carbonyl (C=O) groups is 1. The van der Waals surface area contributed by atoms with Gasteiger partial charge in [0.15, 0.2) is 0 Å². The summed E-state index contributed by atoms with van der Waals surface area (Å²) in [5.41, 5.74) is 5.65. The molecular formula is C11H23ClN2O2. The summed E-state index contributed by atoms with van der Waals surface area (Å²) in [6.45, 7) is 3.79. The van der Waals surface area contributed by atoms with E-state index >= 15 is 0 Å². The molecule has 1 fully saturated rings. The fourth-order valence-electron chi connectivity index (χ4n) is 2.10. The molecule has 4 nitrogen and oxygen atoms in total. The zero-order valence-electron chi connectivity index (χ0n) is 9.91. The highest BCUT2D eigenvalue weighted by molar-refractivity contribution is 5.85. The van der Waals surface area contributed by atoms with E-state index in [-0.39, 0.29) is 18.3 Å². The number of hydrogen-bond acceptors (Lipinski definition) is 3. The topological polar surface area (TPSA) is 64.3 Å². The lowest BCUT2D eigenvalue weighted by molar-refractivity contribution is -0.123. The molecule has 16 heavy (non-hydrogen) atoms. The van der Waals surface area contributed by atoms with E-state index in [4.69, 9.17) is 10.5 Å². The van der Waals surface area contributed by atoms with Crippen LogP contribution in [0.1, 0.15) is 32.6 Å². The van der Waals surface area contributed by atoms with E-state index in [2.05, 4.69) is 5.32 Å². The molecule has 0 spiro atoms. The van der Waals surface area contributed by atoms with Gasteiger partial charge >= 0.3 is 0 Å². The Hall–Kier alpha value is -0.320. The number of nitrogens with two attached hydrogens (primary N) is 1. The Bertz CT molecular complexity index is 202. The molecule has 5 heteroatoms. The number of ether oxygens (including phenoxy) is 1. The lowest BCUT2D eigenvalue weighted by Crippen LogP contribution is -2.40. The van der Waals surface area contributed by atoms with Crippen LogP contribution in [-0.4, -0.2) is 31.7 Å². The highest BCUT2D eigenvalue weighted by Gasteiger charge is 2.26. The van der Waals surface area contributed by atoms with Gasteiger partial charge in [-0.2, -0.15) is 0 Å². The molecule has 2 unspecified atom stereocenters. The van der Waals surface area contributed by atoms with Gasteiger partial charge in [0, 0.05) is 19.1 Å². The van der Waals surface area contributed by atoms with Crippen molar-refractivity contribution < 1.29 is 9.53 Å². The molecule has 0 aromatic heterocycles. The zero-order chi connectivity index (χ0) is 11.1. The second-order valence-corrected chi connectivity index (χ2v) is 4.05. The number of hydrogen-bond donors (Lipinski definition) is 2. The third-order valence-electron chi connectivity index (χ3n) is 2.99. The van der Waals surface area contributed by atoms with Crippen molar-refractivity contribution in [2.45, 2.75) is 38.6 Å². The fraction of sp³-hybridized carbons (Fsp3) is 0.909. The van der Waals surface area contributed by atoms with Crippen LogP contribution in [0.5, 0.6) is 0 Å². The van der Waals surface area contributed by atoms with Crippen molar-refractivity contribution in [1.29, 1.82) is 0 Å². The largest absolute Gasteiger partial charge is 0.381 e. The number of rotatable bonds is 6. The van der Waals surface area contributed by atoms with Crippen molar-refractivity contribution in [3.05, 3.63) is 0 Å². The van der Waals surface area contributed by atoms with Crippen molar-refractivity contribution in [3.8, 4) is 0 Å². The predicted molar refractivity (Wildman–Crippen MR) is 66.7 cm³/mol. The average molecular weight is 251 g/mol. The smallest absolute Gasteiger partial charge is 0.222 e. The first-order valence-corrected chi connectivity index (χ1v) is 5.85. The van der Waals surface area contributed by atoms with E-state index in [1.54, 1.807) is 0 Å². The van der Waals surface area contributed by atoms with Gasteiger partial charge < -0.3 is 15.8 Å². The number of nitrogens with one attached hydrogen (secondary N) is 1. The van der Waals surface area contributed by atoms with Crippen molar-refractivity contribution in [3.63, 3.8) is 0 Å². The van der Waals surface area contributed by atoms with Gasteiger partial charge in [0.2, 0.25) is 5.91 Å². The molecule has 0 aromatic rings. The summed E-state index contributed by atoms with van der Waals surface area (Å²) in [7, 11) is 0. The van der Waals surface area contributed by atoms with Gasteiger partial charge in [-0.1, -0.05) is 6.42 Å². The molecule has 1 aliphatic rings. The Labute approximate surface area is 104 Å². The lowest BCUT2D eigenvalue weighted by atomic mass is 10.0. The maximum atomic E-state index is 11.5. The van der Waals surface area contributed by atoms with Crippen molar-refractivity contribution in [1.82, 2.24) is 5.32 Å². The van der Waals surface area contributed by atoms with Gasteiger partial charge in [0.05, 0.1) is 6.61 Å². The van der Waals surface area contributed by atoms with Crippen molar-refractivity contribution in [2.75, 3.05) is 19.8 Å². The first-order valence-electron chi connectivity index (χ1n) is 5.85. The van der Waals surface area contributed by atoms with E-state index in [1.807, 2.05) is 6.92 Å².